The van der Waals surface area contributed by atoms with Crippen LogP contribution in [0, 0.1) is 0 Å². The van der Waals surface area contributed by atoms with E-state index < -0.39 is 12.0 Å². The van der Waals surface area contributed by atoms with Gasteiger partial charge in [0.2, 0.25) is 5.91 Å². The van der Waals surface area contributed by atoms with Crippen LogP contribution >= 0.6 is 27.7 Å². The van der Waals surface area contributed by atoms with Gasteiger partial charge < -0.3 is 9.47 Å². The maximum Gasteiger partial charge on any atom is 0.338 e. The number of benzene rings is 1. The lowest BCUT2D eigenvalue weighted by Crippen LogP contribution is -2.40. The first-order chi connectivity index (χ1) is 12.4. The standard InChI is InChI=1S/C18H19BrN2O4S/c1-10-14(17(23)25-9-8-24-3)15(12-4-6-13(19)7-5-12)21-16(22)11(2)26-18(21)20-10/h4-7,11,15H,8-9H2,1-3H3/t11-,15-/m1/s1. The molecule has 0 saturated carbocycles. The van der Waals surface area contributed by atoms with E-state index in [1.807, 2.05) is 31.2 Å². The number of hydrogen-bond donors (Lipinski definition) is 0. The molecule has 1 aromatic rings. The van der Waals surface area contributed by atoms with Crippen LogP contribution in [0.4, 0.5) is 0 Å². The summed E-state index contributed by atoms with van der Waals surface area (Å²) in [6, 6.07) is 7.03. The zero-order chi connectivity index (χ0) is 18.8. The van der Waals surface area contributed by atoms with Crippen molar-refractivity contribution in [3.63, 3.8) is 0 Å². The predicted octanol–water partition coefficient (Wildman–Crippen LogP) is 3.29. The van der Waals surface area contributed by atoms with Crippen molar-refractivity contribution in [1.82, 2.24) is 4.90 Å². The second-order valence-corrected chi connectivity index (χ2v) is 8.17. The molecule has 0 unspecified atom stereocenters. The molecule has 0 N–H and O–H groups in total. The first kappa shape index (κ1) is 19.1. The lowest BCUT2D eigenvalue weighted by Gasteiger charge is -2.33. The molecule has 8 heteroatoms. The Labute approximate surface area is 164 Å². The number of amidine groups is 1. The molecule has 1 fully saturated rings. The van der Waals surface area contributed by atoms with Crippen molar-refractivity contribution in [3.05, 3.63) is 45.6 Å². The molecule has 2 atom stereocenters. The summed E-state index contributed by atoms with van der Waals surface area (Å²) in [6.07, 6.45) is 0. The molecule has 1 aromatic carbocycles. The first-order valence-electron chi connectivity index (χ1n) is 8.14. The van der Waals surface area contributed by atoms with E-state index in [0.717, 1.165) is 10.0 Å². The van der Waals surface area contributed by atoms with Crippen molar-refractivity contribution in [1.29, 1.82) is 0 Å². The summed E-state index contributed by atoms with van der Waals surface area (Å²) in [4.78, 5) is 31.6. The van der Waals surface area contributed by atoms with E-state index in [1.54, 1.807) is 18.9 Å². The SMILES string of the molecule is COCCOC(=O)C1=C(C)N=C2S[C@H](C)C(=O)N2[C@@H]1c1ccc(Br)cc1. The highest BCUT2D eigenvalue weighted by atomic mass is 79.9. The zero-order valence-electron chi connectivity index (χ0n) is 14.7. The quantitative estimate of drug-likeness (QED) is 0.521. The minimum Gasteiger partial charge on any atom is -0.460 e. The molecule has 0 spiro atoms. The Hall–Kier alpha value is -1.64. The molecule has 0 bridgehead atoms. The summed E-state index contributed by atoms with van der Waals surface area (Å²) in [5, 5.41) is 0.393. The molecule has 0 aliphatic carbocycles. The third kappa shape index (κ3) is 3.58. The fourth-order valence-electron chi connectivity index (χ4n) is 2.92. The van der Waals surface area contributed by atoms with Crippen molar-refractivity contribution < 1.29 is 19.1 Å². The highest BCUT2D eigenvalue weighted by molar-refractivity contribution is 9.10. The maximum absolute atomic E-state index is 12.8. The summed E-state index contributed by atoms with van der Waals surface area (Å²) < 4.78 is 11.2. The molecule has 1 amide bonds. The Morgan fingerprint density at radius 2 is 2.00 bits per heavy atom. The molecule has 2 aliphatic rings. The number of amides is 1. The number of rotatable bonds is 5. The average Bonchev–Trinajstić information content (AvgIpc) is 2.88. The van der Waals surface area contributed by atoms with Gasteiger partial charge in [-0.05, 0) is 31.5 Å². The Kier molecular flexibility index (Phi) is 5.84. The highest BCUT2D eigenvalue weighted by Gasteiger charge is 2.46. The minimum absolute atomic E-state index is 0.0589. The third-order valence-corrected chi connectivity index (χ3v) is 5.77. The number of ether oxygens (including phenoxy) is 2. The van der Waals surface area contributed by atoms with E-state index in [0.29, 0.717) is 23.0 Å². The van der Waals surface area contributed by atoms with E-state index in [2.05, 4.69) is 20.9 Å². The molecule has 2 heterocycles. The number of carbonyl (C=O) groups excluding carboxylic acids is 2. The second kappa shape index (κ2) is 7.94. The van der Waals surface area contributed by atoms with Gasteiger partial charge >= 0.3 is 5.97 Å². The number of esters is 1. The van der Waals surface area contributed by atoms with Gasteiger partial charge in [-0.15, -0.1) is 0 Å². The number of thioether (sulfide) groups is 1. The van der Waals surface area contributed by atoms with Crippen LogP contribution in [-0.4, -0.2) is 47.5 Å². The van der Waals surface area contributed by atoms with Crippen molar-refractivity contribution in [2.75, 3.05) is 20.3 Å². The van der Waals surface area contributed by atoms with Crippen LogP contribution in [0.15, 0.2) is 45.0 Å². The van der Waals surface area contributed by atoms with Crippen LogP contribution in [0.25, 0.3) is 0 Å². The molecule has 2 aliphatic heterocycles. The largest absolute Gasteiger partial charge is 0.460 e. The number of carbonyl (C=O) groups is 2. The summed E-state index contributed by atoms with van der Waals surface area (Å²) in [7, 11) is 1.54. The van der Waals surface area contributed by atoms with Gasteiger partial charge in [-0.3, -0.25) is 9.69 Å². The molecule has 6 nitrogen and oxygen atoms in total. The van der Waals surface area contributed by atoms with E-state index in [4.69, 9.17) is 9.47 Å². The molecule has 0 radical (unpaired) electrons. The Bertz CT molecular complexity index is 791. The van der Waals surface area contributed by atoms with Gasteiger partial charge in [-0.2, -0.15) is 0 Å². The minimum atomic E-state index is -0.546. The lowest BCUT2D eigenvalue weighted by molar-refractivity contribution is -0.141. The molecule has 0 aromatic heterocycles. The normalized spacial score (nSPS) is 22.4. The number of allylic oxidation sites excluding steroid dienone is 1. The molecular weight excluding hydrogens is 420 g/mol. The molecule has 3 rings (SSSR count). The van der Waals surface area contributed by atoms with E-state index in [9.17, 15) is 9.59 Å². The van der Waals surface area contributed by atoms with Crippen LogP contribution in [-0.2, 0) is 19.1 Å². The monoisotopic (exact) mass is 438 g/mol. The molecule has 1 saturated heterocycles. The van der Waals surface area contributed by atoms with Crippen molar-refractivity contribution in [3.8, 4) is 0 Å². The Morgan fingerprint density at radius 3 is 2.65 bits per heavy atom. The fourth-order valence-corrected chi connectivity index (χ4v) is 4.21. The number of aliphatic imine (C=N–C) groups is 1. The first-order valence-corrected chi connectivity index (χ1v) is 9.82. The van der Waals surface area contributed by atoms with Crippen molar-refractivity contribution in [2.45, 2.75) is 25.1 Å². The lowest BCUT2D eigenvalue weighted by atomic mass is 9.94. The molecule has 138 valence electrons. The number of nitrogens with zero attached hydrogens (tertiary/aromatic N) is 2. The van der Waals surface area contributed by atoms with Crippen LogP contribution in [0.5, 0.6) is 0 Å². The van der Waals surface area contributed by atoms with Crippen LogP contribution in [0.1, 0.15) is 25.5 Å². The van der Waals surface area contributed by atoms with Gasteiger partial charge in [0.25, 0.3) is 0 Å². The van der Waals surface area contributed by atoms with E-state index in [1.165, 1.54) is 11.8 Å². The van der Waals surface area contributed by atoms with Crippen LogP contribution in [0.3, 0.4) is 0 Å². The smallest absolute Gasteiger partial charge is 0.338 e. The number of methoxy groups -OCH3 is 1. The van der Waals surface area contributed by atoms with Gasteiger partial charge in [0, 0.05) is 11.6 Å². The van der Waals surface area contributed by atoms with Gasteiger partial charge in [0.15, 0.2) is 5.17 Å². The second-order valence-electron chi connectivity index (χ2n) is 5.94. The number of hydrogen-bond acceptors (Lipinski definition) is 6. The van der Waals surface area contributed by atoms with Crippen molar-refractivity contribution >= 4 is 44.7 Å². The predicted molar refractivity (Wildman–Crippen MR) is 104 cm³/mol. The van der Waals surface area contributed by atoms with E-state index in [-0.39, 0.29) is 17.8 Å². The number of halogens is 1. The maximum atomic E-state index is 12.8. The summed E-state index contributed by atoms with van der Waals surface area (Å²) >= 11 is 4.83. The molecule has 26 heavy (non-hydrogen) atoms. The van der Waals surface area contributed by atoms with Crippen molar-refractivity contribution in [2.24, 2.45) is 4.99 Å². The van der Waals surface area contributed by atoms with E-state index >= 15 is 0 Å². The topological polar surface area (TPSA) is 68.2 Å². The van der Waals surface area contributed by atoms with Gasteiger partial charge in [0.05, 0.1) is 29.2 Å². The summed E-state index contributed by atoms with van der Waals surface area (Å²) in [5.41, 5.74) is 1.79. The number of fused-ring (bicyclic) bond motifs is 1. The highest BCUT2D eigenvalue weighted by Crippen LogP contribution is 2.43. The van der Waals surface area contributed by atoms with Crippen LogP contribution in [0.2, 0.25) is 0 Å². The summed E-state index contributed by atoms with van der Waals surface area (Å²) in [6.45, 7) is 4.08. The van der Waals surface area contributed by atoms with Gasteiger partial charge in [0.1, 0.15) is 6.61 Å². The fraction of sp³-hybridized carbons (Fsp3) is 0.389. The average molecular weight is 439 g/mol. The zero-order valence-corrected chi connectivity index (χ0v) is 17.1. The Balaban J connectivity index is 2.03. The summed E-state index contributed by atoms with van der Waals surface area (Å²) in [5.74, 6) is -0.538. The molecular formula is C18H19BrN2O4S. The third-order valence-electron chi connectivity index (χ3n) is 4.18. The van der Waals surface area contributed by atoms with Crippen LogP contribution < -0.4 is 0 Å². The Morgan fingerprint density at radius 1 is 1.31 bits per heavy atom. The van der Waals surface area contributed by atoms with Gasteiger partial charge in [-0.25, -0.2) is 9.79 Å². The van der Waals surface area contributed by atoms with Gasteiger partial charge in [-0.1, -0.05) is 39.8 Å².